The van der Waals surface area contributed by atoms with Gasteiger partial charge in [-0.2, -0.15) is 0 Å². The summed E-state index contributed by atoms with van der Waals surface area (Å²) >= 11 is 0. The van der Waals surface area contributed by atoms with Crippen LogP contribution in [-0.4, -0.2) is 66.2 Å². The fourth-order valence-corrected chi connectivity index (χ4v) is 7.93. The molecule has 10 heteroatoms. The van der Waals surface area contributed by atoms with Crippen molar-refractivity contribution in [2.75, 3.05) is 26.3 Å². The Labute approximate surface area is 239 Å². The predicted octanol–water partition coefficient (Wildman–Crippen LogP) is 4.23. The van der Waals surface area contributed by atoms with Crippen molar-refractivity contribution in [2.45, 2.75) is 62.7 Å². The average Bonchev–Trinajstić information content (AvgIpc) is 3.83. The number of amides is 2. The molecule has 0 spiro atoms. The highest BCUT2D eigenvalue weighted by Gasteiger charge is 2.37. The lowest BCUT2D eigenvalue weighted by molar-refractivity contribution is -0.131. The van der Waals surface area contributed by atoms with E-state index in [1.165, 1.54) is 12.0 Å². The van der Waals surface area contributed by atoms with Crippen molar-refractivity contribution in [1.82, 2.24) is 19.2 Å². The van der Waals surface area contributed by atoms with Gasteiger partial charge in [-0.3, -0.25) is 14.6 Å². The summed E-state index contributed by atoms with van der Waals surface area (Å²) in [6.45, 7) is 2.45. The SMILES string of the molecule is O=C(NS(=O)(=O)C1CC1)c1ccc2c(C3CCCCC3)c3n(c2c1)CC(C(=O)N1CCOCC1)=Cc1cccnc1-3. The van der Waals surface area contributed by atoms with Crippen molar-refractivity contribution >= 4 is 38.8 Å². The highest BCUT2D eigenvalue weighted by atomic mass is 32.2. The van der Waals surface area contributed by atoms with E-state index in [-0.39, 0.29) is 11.5 Å². The van der Waals surface area contributed by atoms with Crippen LogP contribution < -0.4 is 4.72 Å². The van der Waals surface area contributed by atoms with Crippen molar-refractivity contribution in [3.63, 3.8) is 0 Å². The van der Waals surface area contributed by atoms with E-state index in [1.54, 1.807) is 18.3 Å². The molecule has 2 aromatic heterocycles. The second kappa shape index (κ2) is 10.4. The number of nitrogens with one attached hydrogen (secondary N) is 1. The van der Waals surface area contributed by atoms with Gasteiger partial charge in [-0.05, 0) is 61.4 Å². The molecule has 0 bridgehead atoms. The Bertz CT molecular complexity index is 1680. The third kappa shape index (κ3) is 4.86. The molecule has 3 aromatic rings. The van der Waals surface area contributed by atoms with Crippen LogP contribution in [0.1, 0.15) is 72.3 Å². The number of carbonyl (C=O) groups is 2. The van der Waals surface area contributed by atoms with Gasteiger partial charge in [0.25, 0.3) is 11.8 Å². The highest BCUT2D eigenvalue weighted by molar-refractivity contribution is 7.91. The molecule has 4 aliphatic rings. The van der Waals surface area contributed by atoms with Gasteiger partial charge >= 0.3 is 0 Å². The second-order valence-corrected chi connectivity index (χ2v) is 13.6. The number of morpholine rings is 1. The van der Waals surface area contributed by atoms with Crippen LogP contribution in [-0.2, 0) is 26.1 Å². The minimum absolute atomic E-state index is 0.0264. The molecule has 4 heterocycles. The predicted molar refractivity (Wildman–Crippen MR) is 156 cm³/mol. The molecule has 7 rings (SSSR count). The van der Waals surface area contributed by atoms with Crippen LogP contribution in [0.2, 0.25) is 0 Å². The van der Waals surface area contributed by atoms with Gasteiger partial charge in [-0.15, -0.1) is 0 Å². The maximum Gasteiger partial charge on any atom is 0.264 e. The quantitative estimate of drug-likeness (QED) is 0.489. The summed E-state index contributed by atoms with van der Waals surface area (Å²) in [4.78, 5) is 33.7. The van der Waals surface area contributed by atoms with Gasteiger partial charge in [0.15, 0.2) is 0 Å². The van der Waals surface area contributed by atoms with Crippen LogP contribution in [0.15, 0.2) is 42.1 Å². The summed E-state index contributed by atoms with van der Waals surface area (Å²) in [6.07, 6.45) is 10.6. The molecular weight excluding hydrogens is 540 g/mol. The third-order valence-electron chi connectivity index (χ3n) is 8.87. The van der Waals surface area contributed by atoms with Gasteiger partial charge in [-0.25, -0.2) is 13.1 Å². The normalized spacial score (nSPS) is 19.7. The fourth-order valence-electron chi connectivity index (χ4n) is 6.63. The zero-order chi connectivity index (χ0) is 28.1. The number of fused-ring (bicyclic) bond motifs is 5. The number of carbonyl (C=O) groups excluding carboxylic acids is 2. The lowest BCUT2D eigenvalue weighted by Crippen LogP contribution is -2.41. The summed E-state index contributed by atoms with van der Waals surface area (Å²) in [7, 11) is -3.68. The molecule has 2 aliphatic carbocycles. The van der Waals surface area contributed by atoms with Crippen LogP contribution in [0.5, 0.6) is 0 Å². The van der Waals surface area contributed by atoms with Crippen LogP contribution in [0.4, 0.5) is 0 Å². The summed E-state index contributed by atoms with van der Waals surface area (Å²) in [5.74, 6) is -0.314. The largest absolute Gasteiger partial charge is 0.378 e. The van der Waals surface area contributed by atoms with Gasteiger partial charge in [0, 0.05) is 46.9 Å². The molecule has 2 saturated carbocycles. The number of pyridine rings is 1. The molecule has 9 nitrogen and oxygen atoms in total. The smallest absolute Gasteiger partial charge is 0.264 e. The van der Waals surface area contributed by atoms with Crippen molar-refractivity contribution < 1.29 is 22.7 Å². The van der Waals surface area contributed by atoms with E-state index < -0.39 is 21.2 Å². The van der Waals surface area contributed by atoms with Gasteiger partial charge in [0.05, 0.1) is 36.4 Å². The first kappa shape index (κ1) is 26.4. The van der Waals surface area contributed by atoms with E-state index in [9.17, 15) is 18.0 Å². The van der Waals surface area contributed by atoms with Gasteiger partial charge < -0.3 is 14.2 Å². The molecule has 3 fully saturated rings. The molecule has 0 unspecified atom stereocenters. The van der Waals surface area contributed by atoms with Crippen LogP contribution in [0.25, 0.3) is 28.4 Å². The summed E-state index contributed by atoms with van der Waals surface area (Å²) in [5.41, 5.74) is 5.69. The molecule has 1 aromatic carbocycles. The number of nitrogens with zero attached hydrogens (tertiary/aromatic N) is 3. The first-order chi connectivity index (χ1) is 19.9. The second-order valence-electron chi connectivity index (χ2n) is 11.6. The molecule has 2 amide bonds. The van der Waals surface area contributed by atoms with Gasteiger partial charge in [0.2, 0.25) is 10.0 Å². The van der Waals surface area contributed by atoms with Crippen molar-refractivity contribution in [3.8, 4) is 11.4 Å². The van der Waals surface area contributed by atoms with Gasteiger partial charge in [-0.1, -0.05) is 31.4 Å². The van der Waals surface area contributed by atoms with E-state index in [4.69, 9.17) is 9.72 Å². The number of benzene rings is 1. The lowest BCUT2D eigenvalue weighted by Gasteiger charge is -2.28. The number of hydrogen-bond acceptors (Lipinski definition) is 6. The van der Waals surface area contributed by atoms with E-state index in [0.29, 0.717) is 57.2 Å². The molecule has 2 aliphatic heterocycles. The van der Waals surface area contributed by atoms with Gasteiger partial charge in [0.1, 0.15) is 0 Å². The maximum absolute atomic E-state index is 13.8. The minimum Gasteiger partial charge on any atom is -0.378 e. The van der Waals surface area contributed by atoms with Crippen LogP contribution in [0.3, 0.4) is 0 Å². The zero-order valence-corrected chi connectivity index (χ0v) is 23.8. The Balaban J connectivity index is 1.39. The number of rotatable bonds is 5. The van der Waals surface area contributed by atoms with Crippen molar-refractivity contribution in [1.29, 1.82) is 0 Å². The maximum atomic E-state index is 13.8. The Morgan fingerprint density at radius 2 is 1.78 bits per heavy atom. The molecule has 41 heavy (non-hydrogen) atoms. The monoisotopic (exact) mass is 574 g/mol. The summed E-state index contributed by atoms with van der Waals surface area (Å²) < 4.78 is 35.0. The minimum atomic E-state index is -3.68. The number of ether oxygens (including phenoxy) is 1. The molecule has 1 N–H and O–H groups in total. The molecule has 0 radical (unpaired) electrons. The molecule has 0 atom stereocenters. The summed E-state index contributed by atoms with van der Waals surface area (Å²) in [6, 6.07) is 9.37. The number of aromatic nitrogens is 2. The topological polar surface area (TPSA) is 111 Å². The van der Waals surface area contributed by atoms with E-state index in [1.807, 2.05) is 29.2 Å². The Morgan fingerprint density at radius 1 is 1.00 bits per heavy atom. The highest BCUT2D eigenvalue weighted by Crippen LogP contribution is 2.46. The first-order valence-corrected chi connectivity index (χ1v) is 16.2. The standard InChI is InChI=1S/C31H34N4O5S/c36-30(33-41(38,39)24-9-10-24)22-8-11-25-26(18-22)35-19-23(31(37)34-13-15-40-16-14-34)17-21-7-4-12-32-28(21)29(35)27(25)20-5-2-1-3-6-20/h4,7-8,11-12,17-18,20,24H,1-3,5-6,9-10,13-16,19H2,(H,33,36). The lowest BCUT2D eigenvalue weighted by atomic mass is 9.82. The molecular formula is C31H34N4O5S. The third-order valence-corrected chi connectivity index (χ3v) is 10.7. The first-order valence-electron chi connectivity index (χ1n) is 14.7. The zero-order valence-electron chi connectivity index (χ0n) is 23.0. The van der Waals surface area contributed by atoms with Crippen molar-refractivity contribution in [3.05, 3.63) is 58.8 Å². The van der Waals surface area contributed by atoms with Crippen LogP contribution in [0, 0.1) is 0 Å². The number of hydrogen-bond donors (Lipinski definition) is 1. The Kier molecular flexibility index (Phi) is 6.70. The van der Waals surface area contributed by atoms with E-state index in [0.717, 1.165) is 53.5 Å². The fraction of sp³-hybridized carbons (Fsp3) is 0.452. The van der Waals surface area contributed by atoms with Crippen LogP contribution >= 0.6 is 0 Å². The van der Waals surface area contributed by atoms with Crippen molar-refractivity contribution in [2.24, 2.45) is 0 Å². The average molecular weight is 575 g/mol. The Morgan fingerprint density at radius 3 is 2.54 bits per heavy atom. The Hall–Kier alpha value is -3.50. The molecule has 1 saturated heterocycles. The number of sulfonamides is 1. The molecule has 214 valence electrons. The van der Waals surface area contributed by atoms with E-state index >= 15 is 0 Å². The summed E-state index contributed by atoms with van der Waals surface area (Å²) in [5, 5.41) is 0.546. The van der Waals surface area contributed by atoms with E-state index in [2.05, 4.69) is 9.29 Å².